The highest BCUT2D eigenvalue weighted by Gasteiger charge is 1.82. The van der Waals surface area contributed by atoms with E-state index < -0.39 is 0 Å². The zero-order valence-electron chi connectivity index (χ0n) is 5.94. The summed E-state index contributed by atoms with van der Waals surface area (Å²) in [6, 6.07) is 6.00. The van der Waals surface area contributed by atoms with E-state index in [-0.39, 0.29) is 0 Å². The molecule has 56 valence electrons. The molecule has 3 heteroatoms. The van der Waals surface area contributed by atoms with Crippen LogP contribution in [-0.4, -0.2) is 4.98 Å². The zero-order valence-corrected chi connectivity index (χ0v) is 9.11. The van der Waals surface area contributed by atoms with Gasteiger partial charge in [-0.05, 0) is 26.0 Å². The molecule has 0 aliphatic rings. The Kier molecular flexibility index (Phi) is 5.93. The monoisotopic (exact) mass is 265 g/mol. The van der Waals surface area contributed by atoms with Crippen molar-refractivity contribution in [1.29, 1.82) is 0 Å². The summed E-state index contributed by atoms with van der Waals surface area (Å²) < 4.78 is 0. The Morgan fingerprint density at radius 3 is 1.70 bits per heavy atom. The highest BCUT2D eigenvalue weighted by Crippen LogP contribution is 1.93. The molecule has 0 aromatic carbocycles. The van der Waals surface area contributed by atoms with Crippen molar-refractivity contribution in [3.63, 3.8) is 0 Å². The average Bonchev–Trinajstić information content (AvgIpc) is 1.91. The molecule has 1 rings (SSSR count). The molecule has 0 bridgehead atoms. The van der Waals surface area contributed by atoms with E-state index in [9.17, 15) is 0 Å². The van der Waals surface area contributed by atoms with Crippen LogP contribution in [0.15, 0.2) is 18.2 Å². The Morgan fingerprint density at radius 2 is 1.50 bits per heavy atom. The molecule has 1 heterocycles. The quantitative estimate of drug-likeness (QED) is 0.702. The number of aryl methyl sites for hydroxylation is 2. The lowest BCUT2D eigenvalue weighted by molar-refractivity contribution is 1.12. The van der Waals surface area contributed by atoms with E-state index >= 15 is 0 Å². The molecule has 0 saturated heterocycles. The van der Waals surface area contributed by atoms with Gasteiger partial charge in [-0.1, -0.05) is 6.07 Å². The normalized spacial score (nSPS) is 8.00. The Bertz CT molecular complexity index is 171. The zero-order chi connectivity index (χ0) is 7.98. The molecular formula is C7H9Br2N. The van der Waals surface area contributed by atoms with E-state index in [0.29, 0.717) is 0 Å². The minimum Gasteiger partial charge on any atom is -0.258 e. The molecule has 0 aliphatic heterocycles. The standard InChI is InChI=1S/C7H9N.Br2/c1-6-4-3-5-7(2)8-6;1-2/h3-5H,1-2H3;. The fourth-order valence-electron chi connectivity index (χ4n) is 0.679. The molecule has 0 N–H and O–H groups in total. The Balaban J connectivity index is 0.000000371. The molecular weight excluding hydrogens is 258 g/mol. The molecule has 0 fully saturated rings. The minimum absolute atomic E-state index is 1.09. The maximum Gasteiger partial charge on any atom is 0.0375 e. The van der Waals surface area contributed by atoms with Crippen molar-refractivity contribution in [2.75, 3.05) is 0 Å². The third-order valence-corrected chi connectivity index (χ3v) is 1.03. The minimum atomic E-state index is 1.09. The van der Waals surface area contributed by atoms with Gasteiger partial charge in [0, 0.05) is 39.6 Å². The summed E-state index contributed by atoms with van der Waals surface area (Å²) in [4.78, 5) is 4.17. The fourth-order valence-corrected chi connectivity index (χ4v) is 0.679. The van der Waals surface area contributed by atoms with E-state index in [2.05, 4.69) is 33.2 Å². The highest BCUT2D eigenvalue weighted by molar-refractivity contribution is 9.93. The fraction of sp³-hybridized carbons (Fsp3) is 0.286. The van der Waals surface area contributed by atoms with Gasteiger partial charge < -0.3 is 0 Å². The maximum absolute atomic E-state index is 4.17. The van der Waals surface area contributed by atoms with Crippen LogP contribution >= 0.6 is 28.3 Å². The summed E-state index contributed by atoms with van der Waals surface area (Å²) >= 11 is 5.50. The van der Waals surface area contributed by atoms with Crippen molar-refractivity contribution in [2.45, 2.75) is 13.8 Å². The van der Waals surface area contributed by atoms with Gasteiger partial charge in [-0.25, -0.2) is 0 Å². The molecule has 1 aromatic rings. The molecule has 0 aliphatic carbocycles. The van der Waals surface area contributed by atoms with Crippen molar-refractivity contribution >= 4 is 28.3 Å². The molecule has 0 unspecified atom stereocenters. The molecule has 0 amide bonds. The summed E-state index contributed by atoms with van der Waals surface area (Å²) in [5.41, 5.74) is 2.18. The van der Waals surface area contributed by atoms with Crippen molar-refractivity contribution in [3.05, 3.63) is 29.6 Å². The van der Waals surface area contributed by atoms with Gasteiger partial charge in [0.05, 0.1) is 0 Å². The number of aromatic nitrogens is 1. The van der Waals surface area contributed by atoms with Crippen molar-refractivity contribution < 1.29 is 0 Å². The predicted octanol–water partition coefficient (Wildman–Crippen LogP) is 3.39. The van der Waals surface area contributed by atoms with Crippen molar-refractivity contribution in [2.24, 2.45) is 0 Å². The molecule has 0 atom stereocenters. The second kappa shape index (κ2) is 5.86. The van der Waals surface area contributed by atoms with Gasteiger partial charge in [0.1, 0.15) is 0 Å². The summed E-state index contributed by atoms with van der Waals surface area (Å²) in [5, 5.41) is 0. The van der Waals surface area contributed by atoms with Crippen LogP contribution < -0.4 is 0 Å². The molecule has 10 heavy (non-hydrogen) atoms. The SMILES string of the molecule is BrBr.Cc1cccc(C)n1. The first-order valence-corrected chi connectivity index (χ1v) is 6.55. The second-order valence-electron chi connectivity index (χ2n) is 1.92. The first-order valence-electron chi connectivity index (χ1n) is 2.83. The first-order chi connectivity index (χ1) is 4.79. The lowest BCUT2D eigenvalue weighted by Gasteiger charge is -1.90. The Morgan fingerprint density at radius 1 is 1.10 bits per heavy atom. The highest BCUT2D eigenvalue weighted by atomic mass is 80.9. The Hall–Kier alpha value is 0.110. The van der Waals surface area contributed by atoms with Crippen LogP contribution in [0.25, 0.3) is 0 Å². The van der Waals surface area contributed by atoms with Crippen LogP contribution in [0.5, 0.6) is 0 Å². The number of halogens is 2. The predicted molar refractivity (Wildman–Crippen MR) is 51.6 cm³/mol. The van der Waals surface area contributed by atoms with Gasteiger partial charge in [-0.15, -0.1) is 0 Å². The van der Waals surface area contributed by atoms with Gasteiger partial charge >= 0.3 is 0 Å². The van der Waals surface area contributed by atoms with Crippen LogP contribution in [0.4, 0.5) is 0 Å². The second-order valence-corrected chi connectivity index (χ2v) is 1.92. The van der Waals surface area contributed by atoms with Gasteiger partial charge in [-0.2, -0.15) is 0 Å². The summed E-state index contributed by atoms with van der Waals surface area (Å²) in [6.07, 6.45) is 0. The average molecular weight is 267 g/mol. The summed E-state index contributed by atoms with van der Waals surface area (Å²) in [7, 11) is 0. The Labute approximate surface area is 76.7 Å². The molecule has 0 radical (unpaired) electrons. The smallest absolute Gasteiger partial charge is 0.0375 e. The van der Waals surface area contributed by atoms with E-state index in [0.717, 1.165) is 11.4 Å². The van der Waals surface area contributed by atoms with Crippen molar-refractivity contribution in [3.8, 4) is 0 Å². The lowest BCUT2D eigenvalue weighted by Crippen LogP contribution is -1.81. The van der Waals surface area contributed by atoms with Crippen LogP contribution in [0.3, 0.4) is 0 Å². The summed E-state index contributed by atoms with van der Waals surface area (Å²) in [5.74, 6) is 0. The van der Waals surface area contributed by atoms with Crippen LogP contribution in [-0.2, 0) is 0 Å². The lowest BCUT2D eigenvalue weighted by atomic mass is 10.3. The molecule has 1 aromatic heterocycles. The van der Waals surface area contributed by atoms with Crippen LogP contribution in [0.1, 0.15) is 11.4 Å². The first kappa shape index (κ1) is 10.1. The van der Waals surface area contributed by atoms with Gasteiger partial charge in [0.25, 0.3) is 0 Å². The largest absolute Gasteiger partial charge is 0.258 e. The van der Waals surface area contributed by atoms with E-state index in [4.69, 9.17) is 0 Å². The number of nitrogens with zero attached hydrogens (tertiary/aromatic N) is 1. The van der Waals surface area contributed by atoms with E-state index in [1.807, 2.05) is 32.0 Å². The van der Waals surface area contributed by atoms with Crippen molar-refractivity contribution in [1.82, 2.24) is 4.98 Å². The number of hydrogen-bond acceptors (Lipinski definition) is 1. The topological polar surface area (TPSA) is 12.9 Å². The van der Waals surface area contributed by atoms with Gasteiger partial charge in [0.2, 0.25) is 0 Å². The number of pyridine rings is 1. The van der Waals surface area contributed by atoms with Crippen LogP contribution in [0, 0.1) is 13.8 Å². The molecule has 0 saturated carbocycles. The van der Waals surface area contributed by atoms with Crippen LogP contribution in [0.2, 0.25) is 0 Å². The van der Waals surface area contributed by atoms with E-state index in [1.165, 1.54) is 0 Å². The maximum atomic E-state index is 4.17. The van der Waals surface area contributed by atoms with E-state index in [1.54, 1.807) is 0 Å². The third-order valence-electron chi connectivity index (χ3n) is 1.03. The van der Waals surface area contributed by atoms with Gasteiger partial charge in [-0.3, -0.25) is 4.98 Å². The third kappa shape index (κ3) is 4.01. The summed E-state index contributed by atoms with van der Waals surface area (Å²) in [6.45, 7) is 3.99. The number of hydrogen-bond donors (Lipinski definition) is 0. The molecule has 0 spiro atoms. The van der Waals surface area contributed by atoms with Gasteiger partial charge in [0.15, 0.2) is 0 Å². The molecule has 1 nitrogen and oxygen atoms in total. The number of rotatable bonds is 0.